The molecule has 0 aliphatic rings. The summed E-state index contributed by atoms with van der Waals surface area (Å²) in [7, 11) is 0. The van der Waals surface area contributed by atoms with Gasteiger partial charge in [0.05, 0.1) is 0 Å². The number of halogens is 6. The first-order valence-corrected chi connectivity index (χ1v) is 12.6. The fraction of sp³-hybridized carbons (Fsp3) is 1.00. The van der Waals surface area contributed by atoms with Gasteiger partial charge in [0.1, 0.15) is 0 Å². The van der Waals surface area contributed by atoms with E-state index in [0.717, 1.165) is 12.8 Å². The Labute approximate surface area is 191 Å². The molecule has 0 aliphatic carbocycles. The molecule has 0 rings (SSSR count). The Bertz CT molecular complexity index is 266. The maximum atomic E-state index is 5.74. The van der Waals surface area contributed by atoms with Crippen molar-refractivity contribution in [3.05, 3.63) is 0 Å². The summed E-state index contributed by atoms with van der Waals surface area (Å²) in [5, 5.41) is 0. The van der Waals surface area contributed by atoms with Gasteiger partial charge in [-0.2, -0.15) is 0 Å². The standard InChI is InChI=1S/C20H36Cl6/c21-19(22,23)17-15-13-11-9-7-5-3-1-2-4-6-8-10-12-14-16-18-20(24,25)26/h1-18H2. The summed E-state index contributed by atoms with van der Waals surface area (Å²) >= 11 is 34.4. The van der Waals surface area contributed by atoms with E-state index in [-0.39, 0.29) is 0 Å². The highest BCUT2D eigenvalue weighted by molar-refractivity contribution is 6.67. The Kier molecular flexibility index (Phi) is 18.8. The van der Waals surface area contributed by atoms with Crippen molar-refractivity contribution in [1.82, 2.24) is 0 Å². The third-order valence-corrected chi connectivity index (χ3v) is 5.80. The van der Waals surface area contributed by atoms with Crippen LogP contribution in [0.4, 0.5) is 0 Å². The molecular weight excluding hydrogens is 453 g/mol. The molecule has 0 aliphatic heterocycles. The van der Waals surface area contributed by atoms with Crippen LogP contribution in [0.1, 0.15) is 116 Å². The van der Waals surface area contributed by atoms with Crippen molar-refractivity contribution in [1.29, 1.82) is 0 Å². The van der Waals surface area contributed by atoms with Gasteiger partial charge in [0, 0.05) is 0 Å². The van der Waals surface area contributed by atoms with Gasteiger partial charge in [-0.3, -0.25) is 0 Å². The van der Waals surface area contributed by atoms with Crippen molar-refractivity contribution < 1.29 is 0 Å². The molecule has 0 unspecified atom stereocenters. The maximum absolute atomic E-state index is 5.74. The van der Waals surface area contributed by atoms with E-state index in [4.69, 9.17) is 69.6 Å². The number of alkyl halides is 6. The summed E-state index contributed by atoms with van der Waals surface area (Å²) in [4.78, 5) is 0. The van der Waals surface area contributed by atoms with Gasteiger partial charge in [-0.1, -0.05) is 159 Å². The summed E-state index contributed by atoms with van der Waals surface area (Å²) < 4.78 is -2.13. The molecule has 0 N–H and O–H groups in total. The SMILES string of the molecule is ClC(Cl)(Cl)CCCCCCCCCCCCCCCCCCC(Cl)(Cl)Cl. The average molecular weight is 489 g/mol. The second-order valence-electron chi connectivity index (χ2n) is 7.39. The zero-order valence-corrected chi connectivity index (χ0v) is 20.5. The third kappa shape index (κ3) is 25.7. The predicted octanol–water partition coefficient (Wildman–Crippen LogP) is 10.7. The molecule has 0 fully saturated rings. The van der Waals surface area contributed by atoms with E-state index in [9.17, 15) is 0 Å². The third-order valence-electron chi connectivity index (χ3n) is 4.67. The van der Waals surface area contributed by atoms with Crippen LogP contribution >= 0.6 is 69.6 Å². The lowest BCUT2D eigenvalue weighted by molar-refractivity contribution is 0.524. The summed E-state index contributed by atoms with van der Waals surface area (Å²) in [5.74, 6) is 0. The molecule has 6 heteroatoms. The molecule has 26 heavy (non-hydrogen) atoms. The van der Waals surface area contributed by atoms with E-state index in [2.05, 4.69) is 0 Å². The van der Waals surface area contributed by atoms with E-state index >= 15 is 0 Å². The molecule has 0 saturated heterocycles. The van der Waals surface area contributed by atoms with Gasteiger partial charge in [0.25, 0.3) is 0 Å². The second kappa shape index (κ2) is 17.6. The molecule has 0 aromatic heterocycles. The minimum absolute atomic E-state index is 0.673. The maximum Gasteiger partial charge on any atom is 0.190 e. The summed E-state index contributed by atoms with van der Waals surface area (Å²) in [5.41, 5.74) is 0. The molecule has 0 saturated carbocycles. The van der Waals surface area contributed by atoms with E-state index in [1.165, 1.54) is 89.9 Å². The van der Waals surface area contributed by atoms with E-state index in [0.29, 0.717) is 12.8 Å². The number of hydrogen-bond acceptors (Lipinski definition) is 0. The molecule has 0 aromatic rings. The summed E-state index contributed by atoms with van der Waals surface area (Å²) in [6.45, 7) is 0. The number of unbranched alkanes of at least 4 members (excludes halogenated alkanes) is 15. The Balaban J connectivity index is 3.07. The molecule has 0 amide bonds. The quantitative estimate of drug-likeness (QED) is 0.141. The summed E-state index contributed by atoms with van der Waals surface area (Å²) in [6, 6.07) is 0. The van der Waals surface area contributed by atoms with Gasteiger partial charge in [-0.05, 0) is 25.7 Å². The van der Waals surface area contributed by atoms with Crippen molar-refractivity contribution in [2.24, 2.45) is 0 Å². The highest BCUT2D eigenvalue weighted by atomic mass is 35.6. The van der Waals surface area contributed by atoms with Crippen molar-refractivity contribution in [3.8, 4) is 0 Å². The highest BCUT2D eigenvalue weighted by Gasteiger charge is 2.18. The Morgan fingerprint density at radius 1 is 0.269 bits per heavy atom. The van der Waals surface area contributed by atoms with Crippen molar-refractivity contribution in [2.45, 2.75) is 123 Å². The lowest BCUT2D eigenvalue weighted by atomic mass is 10.0. The molecule has 0 spiro atoms. The van der Waals surface area contributed by atoms with Crippen LogP contribution in [0.25, 0.3) is 0 Å². The van der Waals surface area contributed by atoms with Gasteiger partial charge in [0.2, 0.25) is 0 Å². The molecular formula is C20H36Cl6. The first kappa shape index (κ1) is 27.7. The van der Waals surface area contributed by atoms with Gasteiger partial charge in [-0.15, -0.1) is 0 Å². The molecule has 0 bridgehead atoms. The second-order valence-corrected chi connectivity index (χ2v) is 12.4. The fourth-order valence-electron chi connectivity index (χ4n) is 3.13. The smallest absolute Gasteiger partial charge is 0.0837 e. The minimum atomic E-state index is -1.06. The van der Waals surface area contributed by atoms with Crippen molar-refractivity contribution in [2.75, 3.05) is 0 Å². The lowest BCUT2D eigenvalue weighted by Gasteiger charge is -2.09. The Hall–Kier alpha value is 1.74. The predicted molar refractivity (Wildman–Crippen MR) is 124 cm³/mol. The van der Waals surface area contributed by atoms with Crippen LogP contribution in [0.2, 0.25) is 0 Å². The van der Waals surface area contributed by atoms with Crippen LogP contribution in [0, 0.1) is 0 Å². The largest absolute Gasteiger partial charge is 0.190 e. The molecule has 158 valence electrons. The van der Waals surface area contributed by atoms with Crippen LogP contribution in [-0.2, 0) is 0 Å². The van der Waals surface area contributed by atoms with Gasteiger partial charge in [-0.25, -0.2) is 0 Å². The van der Waals surface area contributed by atoms with Crippen LogP contribution in [-0.4, -0.2) is 7.59 Å². The molecule has 0 radical (unpaired) electrons. The average Bonchev–Trinajstić information content (AvgIpc) is 2.51. The number of rotatable bonds is 17. The first-order chi connectivity index (χ1) is 12.2. The minimum Gasteiger partial charge on any atom is -0.0837 e. The number of hydrogen-bond donors (Lipinski definition) is 0. The molecule has 0 atom stereocenters. The van der Waals surface area contributed by atoms with Crippen molar-refractivity contribution in [3.63, 3.8) is 0 Å². The topological polar surface area (TPSA) is 0 Å². The monoisotopic (exact) mass is 486 g/mol. The van der Waals surface area contributed by atoms with Crippen LogP contribution in [0.15, 0.2) is 0 Å². The Morgan fingerprint density at radius 2 is 0.423 bits per heavy atom. The van der Waals surface area contributed by atoms with E-state index in [1.807, 2.05) is 0 Å². The van der Waals surface area contributed by atoms with E-state index < -0.39 is 7.59 Å². The van der Waals surface area contributed by atoms with Gasteiger partial charge < -0.3 is 0 Å². The van der Waals surface area contributed by atoms with Crippen LogP contribution < -0.4 is 0 Å². The van der Waals surface area contributed by atoms with Crippen LogP contribution in [0.3, 0.4) is 0 Å². The molecule has 0 nitrogen and oxygen atoms in total. The van der Waals surface area contributed by atoms with Crippen LogP contribution in [0.5, 0.6) is 0 Å². The zero-order chi connectivity index (χ0) is 19.7. The van der Waals surface area contributed by atoms with Gasteiger partial charge in [0.15, 0.2) is 7.59 Å². The molecule has 0 aromatic carbocycles. The molecule has 0 heterocycles. The van der Waals surface area contributed by atoms with E-state index in [1.54, 1.807) is 0 Å². The normalized spacial score (nSPS) is 12.7. The summed E-state index contributed by atoms with van der Waals surface area (Å²) in [6.07, 6.45) is 21.9. The Morgan fingerprint density at radius 3 is 0.577 bits per heavy atom. The van der Waals surface area contributed by atoms with Crippen molar-refractivity contribution >= 4 is 69.6 Å². The fourth-order valence-corrected chi connectivity index (χ4v) is 3.93. The van der Waals surface area contributed by atoms with Gasteiger partial charge >= 0.3 is 0 Å². The lowest BCUT2D eigenvalue weighted by Crippen LogP contribution is -2.00. The highest BCUT2D eigenvalue weighted by Crippen LogP contribution is 2.32. The zero-order valence-electron chi connectivity index (χ0n) is 16.0. The first-order valence-electron chi connectivity index (χ1n) is 10.3.